The lowest BCUT2D eigenvalue weighted by Crippen LogP contribution is -2.63. The van der Waals surface area contributed by atoms with Gasteiger partial charge < -0.3 is 15.1 Å². The van der Waals surface area contributed by atoms with Crippen LogP contribution in [-0.2, 0) is 4.79 Å². The highest BCUT2D eigenvalue weighted by molar-refractivity contribution is 9.10. The van der Waals surface area contributed by atoms with Crippen LogP contribution in [0.3, 0.4) is 0 Å². The Hall–Kier alpha value is -1.07. The van der Waals surface area contributed by atoms with Gasteiger partial charge in [0.25, 0.3) is 5.91 Å². The largest absolute Gasteiger partial charge is 0.355 e. The number of carbonyl (C=O) groups excluding carboxylic acids is 1. The highest BCUT2D eigenvalue weighted by Gasteiger charge is 2.41. The van der Waals surface area contributed by atoms with Crippen LogP contribution in [0.1, 0.15) is 19.4 Å². The van der Waals surface area contributed by atoms with E-state index in [-0.39, 0.29) is 18.0 Å². The maximum atomic E-state index is 12.8. The second-order valence-corrected chi connectivity index (χ2v) is 6.68. The van der Waals surface area contributed by atoms with Gasteiger partial charge >= 0.3 is 0 Å². The summed E-state index contributed by atoms with van der Waals surface area (Å²) < 4.78 is 1.01. The first-order valence-electron chi connectivity index (χ1n) is 7.11. The molecule has 0 aliphatic carbocycles. The van der Waals surface area contributed by atoms with Gasteiger partial charge in [0, 0.05) is 30.1 Å². The Morgan fingerprint density at radius 3 is 2.85 bits per heavy atom. The van der Waals surface area contributed by atoms with Gasteiger partial charge in [0.15, 0.2) is 0 Å². The first kappa shape index (κ1) is 13.9. The van der Waals surface area contributed by atoms with Gasteiger partial charge in [0.05, 0.1) is 11.4 Å². The molecule has 20 heavy (non-hydrogen) atoms. The molecule has 0 aromatic heterocycles. The van der Waals surface area contributed by atoms with Crippen molar-refractivity contribution in [3.63, 3.8) is 0 Å². The lowest BCUT2D eigenvalue weighted by molar-refractivity contribution is -0.120. The van der Waals surface area contributed by atoms with Crippen LogP contribution in [0.15, 0.2) is 16.6 Å². The average Bonchev–Trinajstić information content (AvgIpc) is 2.40. The molecule has 1 fully saturated rings. The molecule has 0 bridgehead atoms. The molecule has 0 spiro atoms. The zero-order valence-corrected chi connectivity index (χ0v) is 13.7. The summed E-state index contributed by atoms with van der Waals surface area (Å²) in [6.45, 7) is 8.77. The standard InChI is InChI=1S/C15H20BrN3O/c1-9(2)19-14-11(16)6-10(3)7-12(14)18-5-4-17-8-13(18)15(19)20/h6-7,9,13,17H,4-5,8H2,1-3H3. The Bertz CT molecular complexity index is 558. The molecule has 1 unspecified atom stereocenters. The number of nitrogens with one attached hydrogen (secondary N) is 1. The summed E-state index contributed by atoms with van der Waals surface area (Å²) in [5.41, 5.74) is 3.41. The number of aryl methyl sites for hydroxylation is 1. The summed E-state index contributed by atoms with van der Waals surface area (Å²) in [5.74, 6) is 0.198. The van der Waals surface area contributed by atoms with Gasteiger partial charge in [-0.3, -0.25) is 4.79 Å². The summed E-state index contributed by atoms with van der Waals surface area (Å²) in [5, 5.41) is 3.33. The zero-order valence-electron chi connectivity index (χ0n) is 12.1. The average molecular weight is 338 g/mol. The van der Waals surface area contributed by atoms with Gasteiger partial charge in [-0.05, 0) is 54.4 Å². The predicted octanol–water partition coefficient (Wildman–Crippen LogP) is 2.29. The molecule has 0 radical (unpaired) electrons. The Balaban J connectivity index is 2.20. The molecule has 1 aromatic carbocycles. The summed E-state index contributed by atoms with van der Waals surface area (Å²) in [6, 6.07) is 4.36. The third-order valence-corrected chi connectivity index (χ3v) is 4.62. The SMILES string of the molecule is Cc1cc(Br)c2c(c1)N1CCNCC1C(=O)N2C(C)C. The Morgan fingerprint density at radius 1 is 1.40 bits per heavy atom. The van der Waals surface area contributed by atoms with Crippen molar-refractivity contribution in [1.82, 2.24) is 5.32 Å². The third kappa shape index (κ3) is 2.04. The van der Waals surface area contributed by atoms with E-state index < -0.39 is 0 Å². The minimum Gasteiger partial charge on any atom is -0.355 e. The number of carbonyl (C=O) groups is 1. The summed E-state index contributed by atoms with van der Waals surface area (Å²) in [6.07, 6.45) is 0. The fourth-order valence-electron chi connectivity index (χ4n) is 3.17. The van der Waals surface area contributed by atoms with E-state index in [1.54, 1.807) is 0 Å². The van der Waals surface area contributed by atoms with E-state index in [1.807, 2.05) is 4.90 Å². The summed E-state index contributed by atoms with van der Waals surface area (Å²) in [7, 11) is 0. The fourth-order valence-corrected chi connectivity index (χ4v) is 3.93. The number of anilines is 2. The van der Waals surface area contributed by atoms with E-state index >= 15 is 0 Å². The van der Waals surface area contributed by atoms with Crippen molar-refractivity contribution in [3.8, 4) is 0 Å². The molecule has 1 N–H and O–H groups in total. The van der Waals surface area contributed by atoms with Crippen LogP contribution in [-0.4, -0.2) is 37.6 Å². The minimum atomic E-state index is -0.0765. The molecule has 1 saturated heterocycles. The number of hydrogen-bond acceptors (Lipinski definition) is 3. The van der Waals surface area contributed by atoms with Crippen LogP contribution in [0.4, 0.5) is 11.4 Å². The van der Waals surface area contributed by atoms with E-state index in [0.717, 1.165) is 29.8 Å². The van der Waals surface area contributed by atoms with Crippen LogP contribution >= 0.6 is 15.9 Å². The first-order valence-corrected chi connectivity index (χ1v) is 7.90. The van der Waals surface area contributed by atoms with Crippen molar-refractivity contribution in [2.75, 3.05) is 29.4 Å². The second kappa shape index (κ2) is 5.04. The Morgan fingerprint density at radius 2 is 2.15 bits per heavy atom. The minimum absolute atomic E-state index is 0.0765. The third-order valence-electron chi connectivity index (χ3n) is 4.02. The van der Waals surface area contributed by atoms with Crippen LogP contribution in [0.5, 0.6) is 0 Å². The molecular formula is C15H20BrN3O. The molecule has 1 aromatic rings. The second-order valence-electron chi connectivity index (χ2n) is 5.83. The number of benzene rings is 1. The van der Waals surface area contributed by atoms with E-state index in [2.05, 4.69) is 59.1 Å². The smallest absolute Gasteiger partial charge is 0.251 e. The van der Waals surface area contributed by atoms with Crippen molar-refractivity contribution in [2.24, 2.45) is 0 Å². The van der Waals surface area contributed by atoms with Crippen LogP contribution in [0.2, 0.25) is 0 Å². The van der Waals surface area contributed by atoms with E-state index in [4.69, 9.17) is 0 Å². The van der Waals surface area contributed by atoms with Crippen molar-refractivity contribution >= 4 is 33.2 Å². The lowest BCUT2D eigenvalue weighted by atomic mass is 10.0. The number of fused-ring (bicyclic) bond motifs is 3. The van der Waals surface area contributed by atoms with E-state index in [0.29, 0.717) is 0 Å². The van der Waals surface area contributed by atoms with Gasteiger partial charge in [-0.15, -0.1) is 0 Å². The maximum Gasteiger partial charge on any atom is 0.251 e. The van der Waals surface area contributed by atoms with Crippen LogP contribution in [0.25, 0.3) is 0 Å². The molecule has 4 nitrogen and oxygen atoms in total. The molecular weight excluding hydrogens is 318 g/mol. The molecule has 108 valence electrons. The van der Waals surface area contributed by atoms with Gasteiger partial charge in [0.1, 0.15) is 6.04 Å². The van der Waals surface area contributed by atoms with E-state index in [9.17, 15) is 4.79 Å². The van der Waals surface area contributed by atoms with Crippen LogP contribution in [0, 0.1) is 6.92 Å². The van der Waals surface area contributed by atoms with Crippen LogP contribution < -0.4 is 15.1 Å². The molecule has 2 aliphatic rings. The number of piperazine rings is 1. The zero-order chi connectivity index (χ0) is 14.4. The highest BCUT2D eigenvalue weighted by Crippen LogP contribution is 2.43. The Kier molecular flexibility index (Phi) is 3.50. The Labute approximate surface area is 128 Å². The van der Waals surface area contributed by atoms with Gasteiger partial charge in [-0.25, -0.2) is 0 Å². The molecule has 0 saturated carbocycles. The number of rotatable bonds is 1. The monoisotopic (exact) mass is 337 g/mol. The highest BCUT2D eigenvalue weighted by atomic mass is 79.9. The maximum absolute atomic E-state index is 12.8. The number of nitrogens with zero attached hydrogens (tertiary/aromatic N) is 2. The van der Waals surface area contributed by atoms with E-state index in [1.165, 1.54) is 11.3 Å². The number of halogens is 1. The molecule has 2 heterocycles. The van der Waals surface area contributed by atoms with Crippen molar-refractivity contribution in [1.29, 1.82) is 0 Å². The van der Waals surface area contributed by atoms with Crippen molar-refractivity contribution < 1.29 is 4.79 Å². The molecule has 5 heteroatoms. The van der Waals surface area contributed by atoms with Crippen molar-refractivity contribution in [3.05, 3.63) is 22.2 Å². The van der Waals surface area contributed by atoms with Gasteiger partial charge in [-0.2, -0.15) is 0 Å². The normalized spacial score (nSPS) is 22.1. The molecule has 1 atom stereocenters. The quantitative estimate of drug-likeness (QED) is 0.854. The summed E-state index contributed by atoms with van der Waals surface area (Å²) in [4.78, 5) is 17.0. The molecule has 1 amide bonds. The lowest BCUT2D eigenvalue weighted by Gasteiger charge is -2.47. The van der Waals surface area contributed by atoms with Gasteiger partial charge in [-0.1, -0.05) is 0 Å². The number of amides is 1. The van der Waals surface area contributed by atoms with Gasteiger partial charge in [0.2, 0.25) is 0 Å². The fraction of sp³-hybridized carbons (Fsp3) is 0.533. The molecule has 3 rings (SSSR count). The molecule has 2 aliphatic heterocycles. The topological polar surface area (TPSA) is 35.6 Å². The summed E-state index contributed by atoms with van der Waals surface area (Å²) >= 11 is 3.65. The first-order chi connectivity index (χ1) is 9.50. The van der Waals surface area contributed by atoms with Crippen molar-refractivity contribution in [2.45, 2.75) is 32.9 Å². The predicted molar refractivity (Wildman–Crippen MR) is 85.5 cm³/mol. The number of hydrogen-bond donors (Lipinski definition) is 1.